The van der Waals surface area contributed by atoms with Gasteiger partial charge < -0.3 is 5.11 Å². The van der Waals surface area contributed by atoms with Gasteiger partial charge in [0.15, 0.2) is 0 Å². The van der Waals surface area contributed by atoms with Gasteiger partial charge >= 0.3 is 11.7 Å². The lowest BCUT2D eigenvalue weighted by atomic mass is 10.0. The monoisotopic (exact) mass is 320 g/mol. The Morgan fingerprint density at radius 1 is 1.17 bits per heavy atom. The van der Waals surface area contributed by atoms with Crippen LogP contribution in [0.4, 0.5) is 0 Å². The van der Waals surface area contributed by atoms with Crippen molar-refractivity contribution in [3.05, 3.63) is 64.6 Å². The van der Waals surface area contributed by atoms with Crippen molar-refractivity contribution in [2.75, 3.05) is 0 Å². The highest BCUT2D eigenvalue weighted by molar-refractivity contribution is 5.97. The fourth-order valence-corrected chi connectivity index (χ4v) is 2.96. The fourth-order valence-electron chi connectivity index (χ4n) is 2.96. The van der Waals surface area contributed by atoms with Gasteiger partial charge in [0.25, 0.3) is 0 Å². The minimum atomic E-state index is -1.000. The summed E-state index contributed by atoms with van der Waals surface area (Å²) in [6.45, 7) is 0.598. The Morgan fingerprint density at radius 2 is 1.92 bits per heavy atom. The molecule has 4 rings (SSSR count). The van der Waals surface area contributed by atoms with Crippen LogP contribution in [-0.2, 0) is 6.54 Å². The summed E-state index contributed by atoms with van der Waals surface area (Å²) in [7, 11) is 0. The third-order valence-electron chi connectivity index (χ3n) is 4.41. The smallest absolute Gasteiger partial charge is 0.348 e. The minimum absolute atomic E-state index is 0.177. The van der Waals surface area contributed by atoms with E-state index < -0.39 is 5.97 Å². The number of rotatable bonds is 4. The van der Waals surface area contributed by atoms with Gasteiger partial charge in [-0.15, -0.1) is 0 Å². The highest BCUT2D eigenvalue weighted by atomic mass is 16.4. The fraction of sp³-hybridized carbons (Fsp3) is 0.211. The molecule has 1 N–H and O–H groups in total. The SMILES string of the molecule is O=C(O)c1ccc2c(-c3ccccc3)nc(=O)n(CC3CC3)c2c1. The van der Waals surface area contributed by atoms with Crippen LogP contribution in [0, 0.1) is 5.92 Å². The molecule has 5 nitrogen and oxygen atoms in total. The van der Waals surface area contributed by atoms with Gasteiger partial charge in [0, 0.05) is 17.5 Å². The molecule has 0 saturated heterocycles. The molecule has 0 unspecified atom stereocenters. The van der Waals surface area contributed by atoms with Crippen molar-refractivity contribution in [3.8, 4) is 11.3 Å². The van der Waals surface area contributed by atoms with Crippen molar-refractivity contribution in [3.63, 3.8) is 0 Å². The summed E-state index contributed by atoms with van der Waals surface area (Å²) in [5.74, 6) is -0.510. The largest absolute Gasteiger partial charge is 0.478 e. The van der Waals surface area contributed by atoms with Gasteiger partial charge in [-0.1, -0.05) is 30.3 Å². The molecule has 1 fully saturated rings. The Hall–Kier alpha value is -2.95. The zero-order valence-electron chi connectivity index (χ0n) is 13.0. The Kier molecular flexibility index (Phi) is 3.41. The Bertz CT molecular complexity index is 989. The van der Waals surface area contributed by atoms with Crippen LogP contribution in [0.2, 0.25) is 0 Å². The second-order valence-electron chi connectivity index (χ2n) is 6.20. The van der Waals surface area contributed by atoms with Crippen LogP contribution in [0.25, 0.3) is 22.2 Å². The lowest BCUT2D eigenvalue weighted by molar-refractivity contribution is 0.0697. The molecule has 0 amide bonds. The Labute approximate surface area is 138 Å². The van der Waals surface area contributed by atoms with Crippen LogP contribution in [-0.4, -0.2) is 20.6 Å². The van der Waals surface area contributed by atoms with E-state index in [2.05, 4.69) is 4.98 Å². The Balaban J connectivity index is 2.01. The maximum Gasteiger partial charge on any atom is 0.348 e. The molecule has 0 aliphatic heterocycles. The van der Waals surface area contributed by atoms with Crippen LogP contribution in [0.3, 0.4) is 0 Å². The molecule has 1 aliphatic rings. The zero-order chi connectivity index (χ0) is 16.7. The molecule has 1 aromatic heterocycles. The van der Waals surface area contributed by atoms with E-state index in [1.54, 1.807) is 22.8 Å². The van der Waals surface area contributed by atoms with Gasteiger partial charge in [-0.2, -0.15) is 4.98 Å². The van der Waals surface area contributed by atoms with E-state index in [4.69, 9.17) is 0 Å². The van der Waals surface area contributed by atoms with E-state index in [9.17, 15) is 14.7 Å². The second-order valence-corrected chi connectivity index (χ2v) is 6.20. The number of benzene rings is 2. The molecular formula is C19H16N2O3. The highest BCUT2D eigenvalue weighted by Crippen LogP contribution is 2.32. The summed E-state index contributed by atoms with van der Waals surface area (Å²) >= 11 is 0. The third-order valence-corrected chi connectivity index (χ3v) is 4.41. The lowest BCUT2D eigenvalue weighted by Gasteiger charge is -2.13. The number of hydrogen-bond acceptors (Lipinski definition) is 3. The average Bonchev–Trinajstić information content (AvgIpc) is 3.41. The molecule has 0 spiro atoms. The highest BCUT2D eigenvalue weighted by Gasteiger charge is 2.24. The number of fused-ring (bicyclic) bond motifs is 1. The summed E-state index contributed by atoms with van der Waals surface area (Å²) in [6, 6.07) is 14.4. The predicted molar refractivity (Wildman–Crippen MR) is 91.1 cm³/mol. The molecule has 120 valence electrons. The van der Waals surface area contributed by atoms with Crippen LogP contribution in [0.15, 0.2) is 53.3 Å². The number of hydrogen-bond donors (Lipinski definition) is 1. The summed E-state index contributed by atoms with van der Waals surface area (Å²) in [5, 5.41) is 10.1. The maximum atomic E-state index is 12.6. The van der Waals surface area contributed by atoms with Crippen molar-refractivity contribution in [1.82, 2.24) is 9.55 Å². The van der Waals surface area contributed by atoms with Gasteiger partial charge in [0.1, 0.15) is 0 Å². The number of carboxylic acid groups (broad SMARTS) is 1. The second kappa shape index (κ2) is 5.60. The van der Waals surface area contributed by atoms with E-state index in [-0.39, 0.29) is 11.3 Å². The molecule has 3 aromatic rings. The van der Waals surface area contributed by atoms with Crippen LogP contribution < -0.4 is 5.69 Å². The van der Waals surface area contributed by atoms with E-state index in [1.165, 1.54) is 0 Å². The molecule has 1 saturated carbocycles. The molecule has 2 aromatic carbocycles. The number of nitrogens with zero attached hydrogens (tertiary/aromatic N) is 2. The first-order valence-corrected chi connectivity index (χ1v) is 7.97. The Morgan fingerprint density at radius 3 is 2.58 bits per heavy atom. The van der Waals surface area contributed by atoms with Gasteiger partial charge in [0.05, 0.1) is 16.8 Å². The molecule has 24 heavy (non-hydrogen) atoms. The van der Waals surface area contributed by atoms with Gasteiger partial charge in [-0.25, -0.2) is 9.59 Å². The van der Waals surface area contributed by atoms with E-state index in [1.807, 2.05) is 30.3 Å². The van der Waals surface area contributed by atoms with Gasteiger partial charge in [-0.3, -0.25) is 4.57 Å². The zero-order valence-corrected chi connectivity index (χ0v) is 13.0. The first-order valence-electron chi connectivity index (χ1n) is 7.97. The number of aromatic nitrogens is 2. The normalized spacial score (nSPS) is 14.0. The summed E-state index contributed by atoms with van der Waals surface area (Å²) in [5.41, 5.74) is 1.94. The van der Waals surface area contributed by atoms with Crippen molar-refractivity contribution in [2.45, 2.75) is 19.4 Å². The van der Waals surface area contributed by atoms with Crippen molar-refractivity contribution >= 4 is 16.9 Å². The van der Waals surface area contributed by atoms with Crippen molar-refractivity contribution in [2.24, 2.45) is 5.92 Å². The number of carbonyl (C=O) groups is 1. The minimum Gasteiger partial charge on any atom is -0.478 e. The van der Waals surface area contributed by atoms with E-state index >= 15 is 0 Å². The first-order chi connectivity index (χ1) is 11.6. The molecular weight excluding hydrogens is 304 g/mol. The maximum absolute atomic E-state index is 12.6. The van der Waals surface area contributed by atoms with Gasteiger partial charge in [0.2, 0.25) is 0 Å². The molecule has 1 aliphatic carbocycles. The molecule has 0 bridgehead atoms. The quantitative estimate of drug-likeness (QED) is 0.801. The van der Waals surface area contributed by atoms with E-state index in [0.717, 1.165) is 23.8 Å². The lowest BCUT2D eigenvalue weighted by Crippen LogP contribution is -2.25. The summed E-state index contributed by atoms with van der Waals surface area (Å²) < 4.78 is 1.62. The third kappa shape index (κ3) is 2.58. The van der Waals surface area contributed by atoms with Crippen molar-refractivity contribution < 1.29 is 9.90 Å². The molecule has 1 heterocycles. The molecule has 0 radical (unpaired) electrons. The number of carboxylic acids is 1. The number of aromatic carboxylic acids is 1. The topological polar surface area (TPSA) is 72.2 Å². The van der Waals surface area contributed by atoms with E-state index in [0.29, 0.717) is 23.7 Å². The standard InChI is InChI=1S/C19H16N2O3/c22-18(23)14-8-9-15-16(10-14)21(11-12-6-7-12)19(24)20-17(15)13-4-2-1-3-5-13/h1-5,8-10,12H,6-7,11H2,(H,22,23). The van der Waals surface area contributed by atoms with Crippen molar-refractivity contribution in [1.29, 1.82) is 0 Å². The first kappa shape index (κ1) is 14.6. The van der Waals surface area contributed by atoms with Gasteiger partial charge in [-0.05, 0) is 37.0 Å². The predicted octanol–water partition coefficient (Wildman–Crippen LogP) is 3.17. The van der Waals surface area contributed by atoms with Crippen LogP contribution >= 0.6 is 0 Å². The molecule has 0 atom stereocenters. The molecule has 5 heteroatoms. The van der Waals surface area contributed by atoms with Crippen LogP contribution in [0.1, 0.15) is 23.2 Å². The summed E-state index contributed by atoms with van der Waals surface area (Å²) in [4.78, 5) is 28.2. The average molecular weight is 320 g/mol. The summed E-state index contributed by atoms with van der Waals surface area (Å²) in [6.07, 6.45) is 2.21. The van der Waals surface area contributed by atoms with Crippen LogP contribution in [0.5, 0.6) is 0 Å².